The van der Waals surface area contributed by atoms with Crippen molar-refractivity contribution < 1.29 is 0 Å². The molecule has 2 heteroatoms. The van der Waals surface area contributed by atoms with Crippen LogP contribution in [0.2, 0.25) is 0 Å². The normalized spacial score (nSPS) is 37.0. The Bertz CT molecular complexity index is 262. The highest BCUT2D eigenvalue weighted by Crippen LogP contribution is 2.39. The van der Waals surface area contributed by atoms with Crippen molar-refractivity contribution in [2.75, 3.05) is 19.6 Å². The maximum atomic E-state index is 3.86. The van der Waals surface area contributed by atoms with E-state index in [1.54, 1.807) is 0 Å². The molecule has 2 aliphatic rings. The largest absolute Gasteiger partial charge is 0.312 e. The molecule has 2 fully saturated rings. The Balaban J connectivity index is 2.05. The third-order valence-electron chi connectivity index (χ3n) is 5.09. The van der Waals surface area contributed by atoms with Gasteiger partial charge in [-0.3, -0.25) is 4.90 Å². The second kappa shape index (κ2) is 5.92. The van der Waals surface area contributed by atoms with Gasteiger partial charge in [0.1, 0.15) is 0 Å². The van der Waals surface area contributed by atoms with Gasteiger partial charge in [0.2, 0.25) is 0 Å². The molecule has 0 aromatic rings. The smallest absolute Gasteiger partial charge is 0.0274 e. The van der Waals surface area contributed by atoms with Crippen LogP contribution in [0.15, 0.2) is 0 Å². The number of hydrogen-bond donors (Lipinski definition) is 1. The second-order valence-electron chi connectivity index (χ2n) is 7.27. The van der Waals surface area contributed by atoms with Crippen LogP contribution in [0, 0.1) is 11.3 Å². The van der Waals surface area contributed by atoms with Crippen LogP contribution < -0.4 is 5.32 Å². The standard InChI is InChI=1S/C16H32N2/c1-5-10-17-15-14(7-6-9-16(15,3)4)18-11-8-13(2)12-18/h13-15,17H,5-12H2,1-4H3. The van der Waals surface area contributed by atoms with E-state index >= 15 is 0 Å². The fraction of sp³-hybridized carbons (Fsp3) is 1.00. The van der Waals surface area contributed by atoms with E-state index in [9.17, 15) is 0 Å². The van der Waals surface area contributed by atoms with E-state index in [2.05, 4.69) is 37.9 Å². The minimum Gasteiger partial charge on any atom is -0.312 e. The molecule has 0 radical (unpaired) electrons. The molecule has 1 saturated carbocycles. The van der Waals surface area contributed by atoms with Crippen LogP contribution in [-0.2, 0) is 0 Å². The van der Waals surface area contributed by atoms with E-state index < -0.39 is 0 Å². The van der Waals surface area contributed by atoms with E-state index in [4.69, 9.17) is 0 Å². The molecular weight excluding hydrogens is 220 g/mol. The summed E-state index contributed by atoms with van der Waals surface area (Å²) < 4.78 is 0. The van der Waals surface area contributed by atoms with Gasteiger partial charge in [-0.1, -0.05) is 34.1 Å². The van der Waals surface area contributed by atoms with Gasteiger partial charge in [0, 0.05) is 18.6 Å². The molecule has 106 valence electrons. The van der Waals surface area contributed by atoms with Crippen molar-refractivity contribution in [3.05, 3.63) is 0 Å². The first kappa shape index (κ1) is 14.3. The fourth-order valence-corrected chi connectivity index (χ4v) is 3.99. The zero-order valence-corrected chi connectivity index (χ0v) is 12.8. The van der Waals surface area contributed by atoms with E-state index in [1.165, 1.54) is 51.7 Å². The molecule has 3 atom stereocenters. The van der Waals surface area contributed by atoms with Gasteiger partial charge >= 0.3 is 0 Å². The first-order chi connectivity index (χ1) is 8.54. The lowest BCUT2D eigenvalue weighted by Gasteiger charge is -2.48. The third kappa shape index (κ3) is 3.08. The summed E-state index contributed by atoms with van der Waals surface area (Å²) in [6, 6.07) is 1.47. The van der Waals surface area contributed by atoms with Gasteiger partial charge < -0.3 is 5.32 Å². The Labute approximate surface area is 114 Å². The minimum atomic E-state index is 0.462. The van der Waals surface area contributed by atoms with Crippen LogP contribution in [0.5, 0.6) is 0 Å². The summed E-state index contributed by atoms with van der Waals surface area (Å²) in [5.74, 6) is 0.905. The van der Waals surface area contributed by atoms with Gasteiger partial charge in [-0.2, -0.15) is 0 Å². The van der Waals surface area contributed by atoms with E-state index in [0.717, 1.165) is 12.0 Å². The van der Waals surface area contributed by atoms with E-state index in [0.29, 0.717) is 11.5 Å². The lowest BCUT2D eigenvalue weighted by atomic mass is 9.70. The lowest BCUT2D eigenvalue weighted by Crippen LogP contribution is -2.58. The van der Waals surface area contributed by atoms with Crippen molar-refractivity contribution in [3.63, 3.8) is 0 Å². The second-order valence-corrected chi connectivity index (χ2v) is 7.27. The number of nitrogens with one attached hydrogen (secondary N) is 1. The number of likely N-dealkylation sites (tertiary alicyclic amines) is 1. The number of hydrogen-bond acceptors (Lipinski definition) is 2. The van der Waals surface area contributed by atoms with Gasteiger partial charge in [0.05, 0.1) is 0 Å². The van der Waals surface area contributed by atoms with Crippen LogP contribution in [0.3, 0.4) is 0 Å². The highest BCUT2D eigenvalue weighted by molar-refractivity contribution is 4.99. The quantitative estimate of drug-likeness (QED) is 0.826. The predicted molar refractivity (Wildman–Crippen MR) is 78.9 cm³/mol. The summed E-state index contributed by atoms with van der Waals surface area (Å²) in [7, 11) is 0. The summed E-state index contributed by atoms with van der Waals surface area (Å²) in [5.41, 5.74) is 0.462. The van der Waals surface area contributed by atoms with Crippen molar-refractivity contribution in [1.82, 2.24) is 10.2 Å². The number of rotatable bonds is 4. The summed E-state index contributed by atoms with van der Waals surface area (Å²) in [4.78, 5) is 2.78. The molecule has 2 nitrogen and oxygen atoms in total. The topological polar surface area (TPSA) is 15.3 Å². The van der Waals surface area contributed by atoms with E-state index in [-0.39, 0.29) is 0 Å². The van der Waals surface area contributed by atoms with E-state index in [1.807, 2.05) is 0 Å². The van der Waals surface area contributed by atoms with Crippen LogP contribution in [0.4, 0.5) is 0 Å². The monoisotopic (exact) mass is 252 g/mol. The van der Waals surface area contributed by atoms with Crippen LogP contribution >= 0.6 is 0 Å². The van der Waals surface area contributed by atoms with Gasteiger partial charge in [-0.15, -0.1) is 0 Å². The van der Waals surface area contributed by atoms with Crippen molar-refractivity contribution in [2.45, 2.75) is 71.9 Å². The van der Waals surface area contributed by atoms with Gasteiger partial charge in [0.25, 0.3) is 0 Å². The summed E-state index contributed by atoms with van der Waals surface area (Å²) >= 11 is 0. The Morgan fingerprint density at radius 3 is 2.67 bits per heavy atom. The third-order valence-corrected chi connectivity index (χ3v) is 5.09. The molecule has 3 unspecified atom stereocenters. The molecule has 0 amide bonds. The molecule has 0 spiro atoms. The first-order valence-electron chi connectivity index (χ1n) is 8.02. The van der Waals surface area contributed by atoms with Gasteiger partial charge in [-0.25, -0.2) is 0 Å². The zero-order chi connectivity index (χ0) is 13.2. The highest BCUT2D eigenvalue weighted by atomic mass is 15.2. The Morgan fingerprint density at radius 1 is 1.28 bits per heavy atom. The highest BCUT2D eigenvalue weighted by Gasteiger charge is 2.42. The average molecular weight is 252 g/mol. The Hall–Kier alpha value is -0.0800. The van der Waals surface area contributed by atoms with Crippen molar-refractivity contribution in [2.24, 2.45) is 11.3 Å². The first-order valence-corrected chi connectivity index (χ1v) is 8.02. The molecule has 2 rings (SSSR count). The number of nitrogens with zero attached hydrogens (tertiary/aromatic N) is 1. The molecule has 1 heterocycles. The van der Waals surface area contributed by atoms with Crippen molar-refractivity contribution in [3.8, 4) is 0 Å². The van der Waals surface area contributed by atoms with Crippen molar-refractivity contribution >= 4 is 0 Å². The molecule has 1 aliphatic carbocycles. The molecule has 0 aromatic carbocycles. The summed E-state index contributed by atoms with van der Waals surface area (Å²) in [6.45, 7) is 13.4. The van der Waals surface area contributed by atoms with Gasteiger partial charge in [-0.05, 0) is 50.1 Å². The zero-order valence-electron chi connectivity index (χ0n) is 12.8. The van der Waals surface area contributed by atoms with Crippen molar-refractivity contribution in [1.29, 1.82) is 0 Å². The van der Waals surface area contributed by atoms with Crippen LogP contribution in [-0.4, -0.2) is 36.6 Å². The maximum Gasteiger partial charge on any atom is 0.0274 e. The molecule has 18 heavy (non-hydrogen) atoms. The molecule has 1 N–H and O–H groups in total. The minimum absolute atomic E-state index is 0.462. The van der Waals surface area contributed by atoms with Crippen LogP contribution in [0.1, 0.15) is 59.8 Å². The lowest BCUT2D eigenvalue weighted by molar-refractivity contribution is 0.0600. The fourth-order valence-electron chi connectivity index (χ4n) is 3.99. The molecule has 0 aromatic heterocycles. The maximum absolute atomic E-state index is 3.86. The SMILES string of the molecule is CCCNC1C(N2CCC(C)C2)CCCC1(C)C. The average Bonchev–Trinajstić information content (AvgIpc) is 2.73. The molecular formula is C16H32N2. The molecule has 1 aliphatic heterocycles. The molecule has 1 saturated heterocycles. The molecule has 0 bridgehead atoms. The predicted octanol–water partition coefficient (Wildman–Crippen LogP) is 3.28. The summed E-state index contributed by atoms with van der Waals surface area (Å²) in [5, 5.41) is 3.86. The Morgan fingerprint density at radius 2 is 2.06 bits per heavy atom. The van der Waals surface area contributed by atoms with Crippen LogP contribution in [0.25, 0.3) is 0 Å². The Kier molecular flexibility index (Phi) is 4.71. The van der Waals surface area contributed by atoms with Gasteiger partial charge in [0.15, 0.2) is 0 Å². The summed E-state index contributed by atoms with van der Waals surface area (Å²) in [6.07, 6.45) is 6.84.